The number of aryl methyl sites for hydroxylation is 1. The first-order valence-corrected chi connectivity index (χ1v) is 11.1. The number of alkyl halides is 3. The van der Waals surface area contributed by atoms with Gasteiger partial charge in [0.1, 0.15) is 0 Å². The average Bonchev–Trinajstić information content (AvgIpc) is 3.43. The van der Waals surface area contributed by atoms with Gasteiger partial charge in [-0.05, 0) is 57.7 Å². The molecule has 4 rings (SSSR count). The maximum Gasteiger partial charge on any atom is 0.490 e. The largest absolute Gasteiger partial charge is 0.490 e. The van der Waals surface area contributed by atoms with E-state index in [1.54, 1.807) is 0 Å². The van der Waals surface area contributed by atoms with Crippen molar-refractivity contribution in [2.45, 2.75) is 38.3 Å². The van der Waals surface area contributed by atoms with E-state index in [9.17, 15) is 13.2 Å². The van der Waals surface area contributed by atoms with Crippen LogP contribution in [0.5, 0.6) is 0 Å². The van der Waals surface area contributed by atoms with Crippen LogP contribution in [0.4, 0.5) is 13.2 Å². The number of halogens is 3. The molecule has 0 spiro atoms. The summed E-state index contributed by atoms with van der Waals surface area (Å²) in [4.78, 5) is 18.3. The molecule has 1 aliphatic rings. The first-order valence-electron chi connectivity index (χ1n) is 11.1. The third kappa shape index (κ3) is 6.32. The van der Waals surface area contributed by atoms with E-state index in [1.165, 1.54) is 0 Å². The molecule has 0 radical (unpaired) electrons. The molecule has 0 unspecified atom stereocenters. The minimum absolute atomic E-state index is 0.342. The zero-order valence-corrected chi connectivity index (χ0v) is 19.4. The van der Waals surface area contributed by atoms with Gasteiger partial charge in [-0.15, -0.1) is 0 Å². The number of aromatic nitrogens is 4. The molecule has 2 aromatic heterocycles. The Hall–Kier alpha value is -2.99. The Balaban J connectivity index is 0.000000406. The van der Waals surface area contributed by atoms with E-state index in [2.05, 4.69) is 48.1 Å². The number of piperidine rings is 1. The number of carboxylic acids is 1. The fourth-order valence-electron chi connectivity index (χ4n) is 3.77. The van der Waals surface area contributed by atoms with E-state index >= 15 is 0 Å². The molecule has 1 N–H and O–H groups in total. The second kappa shape index (κ2) is 11.0. The first-order chi connectivity index (χ1) is 16.1. The van der Waals surface area contributed by atoms with Crippen LogP contribution in [0.25, 0.3) is 16.9 Å². The molecule has 9 nitrogen and oxygen atoms in total. The second-order valence-electron chi connectivity index (χ2n) is 8.38. The number of fused-ring (bicyclic) bond motifs is 1. The molecular weight excluding hydrogens is 453 g/mol. The van der Waals surface area contributed by atoms with E-state index in [1.807, 2.05) is 16.8 Å². The quantitative estimate of drug-likeness (QED) is 0.571. The van der Waals surface area contributed by atoms with Crippen molar-refractivity contribution < 1.29 is 27.6 Å². The lowest BCUT2D eigenvalue weighted by molar-refractivity contribution is -0.192. The Bertz CT molecular complexity index is 1090. The van der Waals surface area contributed by atoms with Crippen LogP contribution in [0.15, 0.2) is 28.8 Å². The van der Waals surface area contributed by atoms with E-state index in [-0.39, 0.29) is 0 Å². The monoisotopic (exact) mass is 482 g/mol. The fourth-order valence-corrected chi connectivity index (χ4v) is 3.77. The Kier molecular flexibility index (Phi) is 8.26. The lowest BCUT2D eigenvalue weighted by Crippen LogP contribution is -2.37. The van der Waals surface area contributed by atoms with Crippen molar-refractivity contribution in [3.05, 3.63) is 35.9 Å². The van der Waals surface area contributed by atoms with Crippen molar-refractivity contribution in [3.8, 4) is 5.95 Å². The molecule has 0 amide bonds. The van der Waals surface area contributed by atoms with Crippen LogP contribution in [-0.4, -0.2) is 87.2 Å². The van der Waals surface area contributed by atoms with Crippen LogP contribution in [0.1, 0.15) is 37.3 Å². The molecule has 1 fully saturated rings. The summed E-state index contributed by atoms with van der Waals surface area (Å²) in [5.41, 5.74) is 2.09. The topological polar surface area (TPSA) is 101 Å². The van der Waals surface area contributed by atoms with Crippen LogP contribution < -0.4 is 0 Å². The van der Waals surface area contributed by atoms with Gasteiger partial charge in [0.25, 0.3) is 5.95 Å². The number of nitrogens with zero attached hydrogens (tertiary/aromatic N) is 6. The molecular formula is C22H29F3N6O3. The van der Waals surface area contributed by atoms with E-state index < -0.39 is 12.1 Å². The smallest absolute Gasteiger partial charge is 0.475 e. The van der Waals surface area contributed by atoms with Gasteiger partial charge in [-0.1, -0.05) is 25.1 Å². The van der Waals surface area contributed by atoms with Gasteiger partial charge in [-0.2, -0.15) is 27.9 Å². The third-order valence-electron chi connectivity index (χ3n) is 5.66. The zero-order valence-electron chi connectivity index (χ0n) is 19.4. The van der Waals surface area contributed by atoms with Gasteiger partial charge in [0.2, 0.25) is 5.89 Å². The summed E-state index contributed by atoms with van der Waals surface area (Å²) in [6, 6.07) is 8.21. The van der Waals surface area contributed by atoms with Crippen LogP contribution in [-0.2, 0) is 11.2 Å². The predicted octanol–water partition coefficient (Wildman–Crippen LogP) is 3.35. The van der Waals surface area contributed by atoms with Crippen molar-refractivity contribution in [3.63, 3.8) is 0 Å². The van der Waals surface area contributed by atoms with Crippen LogP contribution in [0.3, 0.4) is 0 Å². The number of aliphatic carboxylic acids is 1. The third-order valence-corrected chi connectivity index (χ3v) is 5.66. The number of benzene rings is 1. The summed E-state index contributed by atoms with van der Waals surface area (Å²) < 4.78 is 39.2. The summed E-state index contributed by atoms with van der Waals surface area (Å²) in [7, 11) is 4.24. The van der Waals surface area contributed by atoms with Crippen molar-refractivity contribution in [1.29, 1.82) is 0 Å². The fraction of sp³-hybridized carbons (Fsp3) is 0.545. The minimum atomic E-state index is -5.08. The standard InChI is InChI=1S/C20H28N6O.C2HF3O2/c1-4-17-16-7-5-6-8-18(16)26(22-17)20-21-19(27-23-20)15-9-11-25(12-10-15)14-13-24(2)3;3-2(4,5)1(6)7/h5-8,15H,4,9-14H2,1-3H3;(H,6,7). The molecule has 1 saturated heterocycles. The minimum Gasteiger partial charge on any atom is -0.475 e. The molecule has 186 valence electrons. The zero-order chi connectivity index (χ0) is 24.9. The Morgan fingerprint density at radius 3 is 2.47 bits per heavy atom. The molecule has 0 aliphatic carbocycles. The molecule has 1 aliphatic heterocycles. The highest BCUT2D eigenvalue weighted by molar-refractivity contribution is 5.83. The van der Waals surface area contributed by atoms with Crippen molar-refractivity contribution in [2.24, 2.45) is 0 Å². The van der Waals surface area contributed by atoms with E-state index in [0.717, 1.165) is 67.9 Å². The maximum atomic E-state index is 10.6. The molecule has 12 heteroatoms. The van der Waals surface area contributed by atoms with Gasteiger partial charge >= 0.3 is 12.1 Å². The molecule has 0 atom stereocenters. The number of para-hydroxylation sites is 1. The second-order valence-corrected chi connectivity index (χ2v) is 8.38. The molecule has 3 heterocycles. The first kappa shape index (κ1) is 25.6. The van der Waals surface area contributed by atoms with Gasteiger partial charge in [0.15, 0.2) is 0 Å². The summed E-state index contributed by atoms with van der Waals surface area (Å²) in [5.74, 6) is -1.13. The number of likely N-dealkylation sites (tertiary alicyclic amines) is 1. The predicted molar refractivity (Wildman–Crippen MR) is 119 cm³/mol. The van der Waals surface area contributed by atoms with Crippen molar-refractivity contribution in [1.82, 2.24) is 29.7 Å². The summed E-state index contributed by atoms with van der Waals surface area (Å²) in [5, 5.41) is 17.2. The number of likely N-dealkylation sites (N-methyl/N-ethyl adjacent to an activating group) is 1. The SMILES string of the molecule is CCc1nn(-c2noc(C3CCN(CCN(C)C)CC3)n2)c2ccccc12.O=C(O)C(F)(F)F. The van der Waals surface area contributed by atoms with Gasteiger partial charge in [-0.25, -0.2) is 4.79 Å². The Labute approximate surface area is 195 Å². The molecule has 0 saturated carbocycles. The normalized spacial score (nSPS) is 15.5. The Morgan fingerprint density at radius 2 is 1.88 bits per heavy atom. The number of rotatable bonds is 6. The lowest BCUT2D eigenvalue weighted by Gasteiger charge is -2.30. The van der Waals surface area contributed by atoms with Gasteiger partial charge in [0, 0.05) is 24.4 Å². The van der Waals surface area contributed by atoms with E-state index in [0.29, 0.717) is 11.9 Å². The van der Waals surface area contributed by atoms with Gasteiger partial charge in [-0.3, -0.25) is 0 Å². The molecule has 34 heavy (non-hydrogen) atoms. The van der Waals surface area contributed by atoms with Crippen LogP contribution in [0.2, 0.25) is 0 Å². The highest BCUT2D eigenvalue weighted by Crippen LogP contribution is 2.28. The van der Waals surface area contributed by atoms with Gasteiger partial charge < -0.3 is 19.4 Å². The highest BCUT2D eigenvalue weighted by atomic mass is 19.4. The van der Waals surface area contributed by atoms with Gasteiger partial charge in [0.05, 0.1) is 11.2 Å². The number of hydrogen-bond acceptors (Lipinski definition) is 7. The number of carboxylic acid groups (broad SMARTS) is 1. The summed E-state index contributed by atoms with van der Waals surface area (Å²) >= 11 is 0. The summed E-state index contributed by atoms with van der Waals surface area (Å²) in [6.45, 7) is 6.50. The van der Waals surface area contributed by atoms with Crippen molar-refractivity contribution >= 4 is 16.9 Å². The van der Waals surface area contributed by atoms with E-state index in [4.69, 9.17) is 24.5 Å². The molecule has 0 bridgehead atoms. The summed E-state index contributed by atoms with van der Waals surface area (Å²) in [6.07, 6.45) is -2.08. The maximum absolute atomic E-state index is 10.6. The highest BCUT2D eigenvalue weighted by Gasteiger charge is 2.38. The lowest BCUT2D eigenvalue weighted by atomic mass is 9.97. The number of hydrogen-bond donors (Lipinski definition) is 1. The van der Waals surface area contributed by atoms with Crippen LogP contribution >= 0.6 is 0 Å². The molecule has 1 aromatic carbocycles. The Morgan fingerprint density at radius 1 is 1.24 bits per heavy atom. The average molecular weight is 483 g/mol. The van der Waals surface area contributed by atoms with Crippen molar-refractivity contribution in [2.75, 3.05) is 40.3 Å². The van der Waals surface area contributed by atoms with Crippen LogP contribution in [0, 0.1) is 0 Å². The number of carbonyl (C=O) groups is 1. The molecule has 3 aromatic rings.